The predicted octanol–water partition coefficient (Wildman–Crippen LogP) is 3.60. The van der Waals surface area contributed by atoms with Gasteiger partial charge in [0.15, 0.2) is 0 Å². The Bertz CT molecular complexity index is 465. The Hall–Kier alpha value is -1.32. The van der Waals surface area contributed by atoms with E-state index in [0.29, 0.717) is 0 Å². The Balaban J connectivity index is 1.72. The minimum absolute atomic E-state index is 0.978. The lowest BCUT2D eigenvalue weighted by Crippen LogP contribution is -2.24. The zero-order valence-corrected chi connectivity index (χ0v) is 11.8. The molecule has 2 aromatic rings. The molecular weight excluding hydrogens is 240 g/mol. The van der Waals surface area contributed by atoms with Crippen molar-refractivity contribution in [3.8, 4) is 0 Å². The van der Waals surface area contributed by atoms with Crippen LogP contribution in [0.2, 0.25) is 0 Å². The number of hydrogen-bond acceptors (Lipinski definition) is 3. The van der Waals surface area contributed by atoms with E-state index in [-0.39, 0.29) is 0 Å². The van der Waals surface area contributed by atoms with Crippen molar-refractivity contribution in [1.82, 2.24) is 4.90 Å². The van der Waals surface area contributed by atoms with E-state index in [1.54, 1.807) is 0 Å². The van der Waals surface area contributed by atoms with E-state index in [4.69, 9.17) is 0 Å². The van der Waals surface area contributed by atoms with Crippen molar-refractivity contribution in [2.75, 3.05) is 25.5 Å². The minimum atomic E-state index is 0.978. The number of aryl methyl sites for hydroxylation is 1. The monoisotopic (exact) mass is 260 g/mol. The summed E-state index contributed by atoms with van der Waals surface area (Å²) in [5.74, 6) is 0. The molecule has 1 heterocycles. The van der Waals surface area contributed by atoms with Gasteiger partial charge in [-0.15, -0.1) is 11.3 Å². The Morgan fingerprint density at radius 3 is 2.83 bits per heavy atom. The lowest BCUT2D eigenvalue weighted by molar-refractivity contribution is 0.343. The highest BCUT2D eigenvalue weighted by molar-refractivity contribution is 7.09. The number of anilines is 1. The Kier molecular flexibility index (Phi) is 4.79. The number of nitrogens with zero attached hydrogens (tertiary/aromatic N) is 1. The summed E-state index contributed by atoms with van der Waals surface area (Å²) < 4.78 is 0. The fourth-order valence-electron chi connectivity index (χ4n) is 1.89. The van der Waals surface area contributed by atoms with Crippen LogP contribution in [0, 0.1) is 6.92 Å². The standard InChI is InChI=1S/C15H20N2S/c1-13-5-3-6-14(11-13)16-8-9-17(2)12-15-7-4-10-18-15/h3-7,10-11,16H,8-9,12H2,1-2H3. The number of hydrogen-bond donors (Lipinski definition) is 1. The van der Waals surface area contributed by atoms with Crippen LogP contribution >= 0.6 is 11.3 Å². The first-order valence-electron chi connectivity index (χ1n) is 6.25. The molecular formula is C15H20N2S. The quantitative estimate of drug-likeness (QED) is 0.853. The summed E-state index contributed by atoms with van der Waals surface area (Å²) in [5.41, 5.74) is 2.51. The zero-order valence-electron chi connectivity index (χ0n) is 11.0. The molecule has 0 saturated heterocycles. The van der Waals surface area contributed by atoms with Crippen LogP contribution in [0.25, 0.3) is 0 Å². The summed E-state index contributed by atoms with van der Waals surface area (Å²) in [4.78, 5) is 3.77. The van der Waals surface area contributed by atoms with Crippen molar-refractivity contribution in [2.45, 2.75) is 13.5 Å². The summed E-state index contributed by atoms with van der Waals surface area (Å²) in [6.07, 6.45) is 0. The van der Waals surface area contributed by atoms with E-state index < -0.39 is 0 Å². The first kappa shape index (κ1) is 13.1. The minimum Gasteiger partial charge on any atom is -0.384 e. The van der Waals surface area contributed by atoms with Crippen LogP contribution in [0.5, 0.6) is 0 Å². The summed E-state index contributed by atoms with van der Waals surface area (Å²) in [6.45, 7) is 5.18. The van der Waals surface area contributed by atoms with Crippen molar-refractivity contribution in [1.29, 1.82) is 0 Å². The molecule has 2 nitrogen and oxygen atoms in total. The molecule has 0 aliphatic carbocycles. The molecule has 3 heteroatoms. The number of likely N-dealkylation sites (N-methyl/N-ethyl adjacent to an activating group) is 1. The van der Waals surface area contributed by atoms with E-state index in [9.17, 15) is 0 Å². The Morgan fingerprint density at radius 1 is 1.22 bits per heavy atom. The summed E-state index contributed by atoms with van der Waals surface area (Å²) in [5, 5.41) is 5.59. The van der Waals surface area contributed by atoms with Gasteiger partial charge in [0.1, 0.15) is 0 Å². The van der Waals surface area contributed by atoms with Crippen molar-refractivity contribution in [3.05, 3.63) is 52.2 Å². The van der Waals surface area contributed by atoms with E-state index in [2.05, 4.69) is 66.0 Å². The van der Waals surface area contributed by atoms with Crippen molar-refractivity contribution in [2.24, 2.45) is 0 Å². The molecule has 18 heavy (non-hydrogen) atoms. The maximum atomic E-state index is 3.46. The maximum Gasteiger partial charge on any atom is 0.0343 e. The molecule has 0 radical (unpaired) electrons. The lowest BCUT2D eigenvalue weighted by Gasteiger charge is -2.16. The van der Waals surface area contributed by atoms with Crippen LogP contribution in [0.15, 0.2) is 41.8 Å². The number of benzene rings is 1. The molecule has 0 saturated carbocycles. The third-order valence-electron chi connectivity index (χ3n) is 2.85. The molecule has 0 unspecified atom stereocenters. The Labute approximate surface area is 113 Å². The summed E-state index contributed by atoms with van der Waals surface area (Å²) >= 11 is 1.82. The van der Waals surface area contributed by atoms with Crippen molar-refractivity contribution in [3.63, 3.8) is 0 Å². The molecule has 96 valence electrons. The van der Waals surface area contributed by atoms with Gasteiger partial charge in [-0.25, -0.2) is 0 Å². The van der Waals surface area contributed by atoms with Crippen LogP contribution in [-0.2, 0) is 6.54 Å². The third kappa shape index (κ3) is 4.17. The van der Waals surface area contributed by atoms with E-state index in [0.717, 1.165) is 19.6 Å². The molecule has 1 N–H and O–H groups in total. The highest BCUT2D eigenvalue weighted by Crippen LogP contribution is 2.11. The number of thiophene rings is 1. The lowest BCUT2D eigenvalue weighted by atomic mass is 10.2. The van der Waals surface area contributed by atoms with Crippen LogP contribution < -0.4 is 5.32 Å². The second kappa shape index (κ2) is 6.57. The van der Waals surface area contributed by atoms with Crippen LogP contribution in [0.4, 0.5) is 5.69 Å². The van der Waals surface area contributed by atoms with Crippen LogP contribution in [-0.4, -0.2) is 25.0 Å². The second-order valence-electron chi connectivity index (χ2n) is 4.61. The van der Waals surface area contributed by atoms with Crippen LogP contribution in [0.1, 0.15) is 10.4 Å². The van der Waals surface area contributed by atoms with Gasteiger partial charge in [-0.2, -0.15) is 0 Å². The van der Waals surface area contributed by atoms with Gasteiger partial charge in [-0.05, 0) is 43.1 Å². The maximum absolute atomic E-state index is 3.46. The molecule has 0 aliphatic heterocycles. The molecule has 1 aromatic heterocycles. The summed E-state index contributed by atoms with van der Waals surface area (Å²) in [7, 11) is 2.16. The average Bonchev–Trinajstić information content (AvgIpc) is 2.82. The highest BCUT2D eigenvalue weighted by Gasteiger charge is 2.00. The van der Waals surface area contributed by atoms with Gasteiger partial charge in [0.2, 0.25) is 0 Å². The fourth-order valence-corrected chi connectivity index (χ4v) is 2.68. The third-order valence-corrected chi connectivity index (χ3v) is 3.71. The fraction of sp³-hybridized carbons (Fsp3) is 0.333. The number of rotatable bonds is 6. The smallest absolute Gasteiger partial charge is 0.0343 e. The molecule has 0 fully saturated rings. The van der Waals surface area contributed by atoms with Gasteiger partial charge in [0.05, 0.1) is 0 Å². The second-order valence-corrected chi connectivity index (χ2v) is 5.65. The van der Waals surface area contributed by atoms with Gasteiger partial charge in [-0.3, -0.25) is 4.90 Å². The van der Waals surface area contributed by atoms with Crippen LogP contribution in [0.3, 0.4) is 0 Å². The largest absolute Gasteiger partial charge is 0.384 e. The first-order chi connectivity index (χ1) is 8.74. The van der Waals surface area contributed by atoms with Gasteiger partial charge in [0.25, 0.3) is 0 Å². The molecule has 0 aliphatic rings. The molecule has 0 spiro atoms. The molecule has 1 aromatic carbocycles. The van der Waals surface area contributed by atoms with E-state index in [1.807, 2.05) is 11.3 Å². The van der Waals surface area contributed by atoms with Gasteiger partial charge in [0, 0.05) is 30.2 Å². The highest BCUT2D eigenvalue weighted by atomic mass is 32.1. The summed E-state index contributed by atoms with van der Waals surface area (Å²) in [6, 6.07) is 12.8. The Morgan fingerprint density at radius 2 is 2.11 bits per heavy atom. The zero-order chi connectivity index (χ0) is 12.8. The molecule has 0 atom stereocenters. The topological polar surface area (TPSA) is 15.3 Å². The van der Waals surface area contributed by atoms with E-state index in [1.165, 1.54) is 16.1 Å². The average molecular weight is 260 g/mol. The normalized spacial score (nSPS) is 10.8. The van der Waals surface area contributed by atoms with Gasteiger partial charge >= 0.3 is 0 Å². The number of nitrogens with one attached hydrogen (secondary N) is 1. The van der Waals surface area contributed by atoms with Gasteiger partial charge < -0.3 is 5.32 Å². The predicted molar refractivity (Wildman–Crippen MR) is 80.3 cm³/mol. The van der Waals surface area contributed by atoms with E-state index >= 15 is 0 Å². The SMILES string of the molecule is Cc1cccc(NCCN(C)Cc2cccs2)c1. The van der Waals surface area contributed by atoms with Crippen molar-refractivity contribution < 1.29 is 0 Å². The van der Waals surface area contributed by atoms with Crippen molar-refractivity contribution >= 4 is 17.0 Å². The molecule has 0 bridgehead atoms. The van der Waals surface area contributed by atoms with Gasteiger partial charge in [-0.1, -0.05) is 18.2 Å². The molecule has 2 rings (SSSR count). The first-order valence-corrected chi connectivity index (χ1v) is 7.13. The molecule has 0 amide bonds.